The van der Waals surface area contributed by atoms with Gasteiger partial charge in [-0.1, -0.05) is 6.07 Å². The van der Waals surface area contributed by atoms with Gasteiger partial charge in [0, 0.05) is 12.6 Å². The van der Waals surface area contributed by atoms with Crippen molar-refractivity contribution < 1.29 is 8.78 Å². The normalized spacial score (nSPS) is 10.4. The molecule has 0 fully saturated rings. The molecule has 0 spiro atoms. The SMILES string of the molecule is CCNc1cc(-c2c(F)cccc2F)[nH]n1. The van der Waals surface area contributed by atoms with Crippen LogP contribution in [0.25, 0.3) is 11.3 Å². The fourth-order valence-electron chi connectivity index (χ4n) is 1.48. The van der Waals surface area contributed by atoms with Crippen LogP contribution in [-0.4, -0.2) is 16.7 Å². The first kappa shape index (κ1) is 10.6. The molecule has 0 amide bonds. The lowest BCUT2D eigenvalue weighted by Crippen LogP contribution is -1.95. The predicted octanol–water partition coefficient (Wildman–Crippen LogP) is 2.79. The maximum atomic E-state index is 13.4. The van der Waals surface area contributed by atoms with E-state index in [1.807, 2.05) is 6.92 Å². The first-order valence-corrected chi connectivity index (χ1v) is 4.96. The second-order valence-electron chi connectivity index (χ2n) is 3.29. The van der Waals surface area contributed by atoms with Crippen molar-refractivity contribution in [1.29, 1.82) is 0 Å². The number of nitrogens with zero attached hydrogens (tertiary/aromatic N) is 1. The number of H-pyrrole nitrogens is 1. The molecule has 0 aliphatic heterocycles. The minimum Gasteiger partial charge on any atom is -0.369 e. The van der Waals surface area contributed by atoms with Gasteiger partial charge in [-0.15, -0.1) is 0 Å². The van der Waals surface area contributed by atoms with E-state index in [1.54, 1.807) is 6.07 Å². The van der Waals surface area contributed by atoms with Gasteiger partial charge in [0.05, 0.1) is 11.3 Å². The summed E-state index contributed by atoms with van der Waals surface area (Å²) < 4.78 is 26.8. The Kier molecular flexibility index (Phi) is 2.85. The Hall–Kier alpha value is -1.91. The molecule has 84 valence electrons. The van der Waals surface area contributed by atoms with E-state index < -0.39 is 11.6 Å². The van der Waals surface area contributed by atoms with Crippen molar-refractivity contribution in [2.75, 3.05) is 11.9 Å². The molecule has 0 atom stereocenters. The first-order chi connectivity index (χ1) is 7.72. The van der Waals surface area contributed by atoms with Crippen molar-refractivity contribution in [3.05, 3.63) is 35.9 Å². The molecule has 0 radical (unpaired) electrons. The van der Waals surface area contributed by atoms with Crippen molar-refractivity contribution in [1.82, 2.24) is 10.2 Å². The molecule has 1 aromatic carbocycles. The van der Waals surface area contributed by atoms with Crippen molar-refractivity contribution >= 4 is 5.82 Å². The van der Waals surface area contributed by atoms with Crippen LogP contribution in [0.4, 0.5) is 14.6 Å². The summed E-state index contributed by atoms with van der Waals surface area (Å²) in [5.41, 5.74) is 0.241. The molecular formula is C11H11F2N3. The van der Waals surface area contributed by atoms with Gasteiger partial charge < -0.3 is 5.32 Å². The van der Waals surface area contributed by atoms with Crippen molar-refractivity contribution in [2.24, 2.45) is 0 Å². The third-order valence-corrected chi connectivity index (χ3v) is 2.17. The number of rotatable bonds is 3. The first-order valence-electron chi connectivity index (χ1n) is 4.96. The van der Waals surface area contributed by atoms with E-state index in [0.717, 1.165) is 0 Å². The van der Waals surface area contributed by atoms with E-state index in [1.165, 1.54) is 18.2 Å². The molecule has 0 aliphatic rings. The second-order valence-corrected chi connectivity index (χ2v) is 3.29. The van der Waals surface area contributed by atoms with Crippen LogP contribution in [0.5, 0.6) is 0 Å². The lowest BCUT2D eigenvalue weighted by molar-refractivity contribution is 0.588. The highest BCUT2D eigenvalue weighted by atomic mass is 19.1. The van der Waals surface area contributed by atoms with E-state index in [0.29, 0.717) is 18.1 Å². The smallest absolute Gasteiger partial charge is 0.148 e. The summed E-state index contributed by atoms with van der Waals surface area (Å²) in [4.78, 5) is 0. The van der Waals surface area contributed by atoms with Gasteiger partial charge in [-0.3, -0.25) is 5.10 Å². The number of hydrogen-bond donors (Lipinski definition) is 2. The van der Waals surface area contributed by atoms with Crippen LogP contribution in [0.1, 0.15) is 6.92 Å². The second kappa shape index (κ2) is 4.30. The molecule has 2 N–H and O–H groups in total. The minimum absolute atomic E-state index is 0.0841. The zero-order chi connectivity index (χ0) is 11.5. The van der Waals surface area contributed by atoms with Crippen molar-refractivity contribution in [3.8, 4) is 11.3 Å². The summed E-state index contributed by atoms with van der Waals surface area (Å²) in [6.45, 7) is 2.61. The Morgan fingerprint density at radius 2 is 2.00 bits per heavy atom. The summed E-state index contributed by atoms with van der Waals surface area (Å²) in [7, 11) is 0. The van der Waals surface area contributed by atoms with E-state index in [2.05, 4.69) is 15.5 Å². The summed E-state index contributed by atoms with van der Waals surface area (Å²) in [6, 6.07) is 5.33. The molecule has 1 heterocycles. The Labute approximate surface area is 91.5 Å². The van der Waals surface area contributed by atoms with Crippen LogP contribution in [0.3, 0.4) is 0 Å². The Morgan fingerprint density at radius 3 is 2.62 bits per heavy atom. The van der Waals surface area contributed by atoms with Crippen LogP contribution < -0.4 is 5.32 Å². The molecule has 0 bridgehead atoms. The quantitative estimate of drug-likeness (QED) is 0.840. The summed E-state index contributed by atoms with van der Waals surface area (Å²) in [5, 5.41) is 9.44. The zero-order valence-electron chi connectivity index (χ0n) is 8.72. The number of benzene rings is 1. The van der Waals surface area contributed by atoms with Gasteiger partial charge in [-0.2, -0.15) is 5.10 Å². The number of anilines is 1. The predicted molar refractivity (Wildman–Crippen MR) is 58.1 cm³/mol. The maximum absolute atomic E-state index is 13.4. The van der Waals surface area contributed by atoms with Gasteiger partial charge in [0.2, 0.25) is 0 Å². The average molecular weight is 223 g/mol. The third-order valence-electron chi connectivity index (χ3n) is 2.17. The Morgan fingerprint density at radius 1 is 1.31 bits per heavy atom. The minimum atomic E-state index is -0.605. The van der Waals surface area contributed by atoms with Crippen LogP contribution in [0.2, 0.25) is 0 Å². The summed E-state index contributed by atoms with van der Waals surface area (Å²) in [5.74, 6) is -0.640. The van der Waals surface area contributed by atoms with Gasteiger partial charge in [-0.25, -0.2) is 8.78 Å². The van der Waals surface area contributed by atoms with Crippen molar-refractivity contribution in [3.63, 3.8) is 0 Å². The van der Waals surface area contributed by atoms with Crippen LogP contribution in [0, 0.1) is 11.6 Å². The molecule has 5 heteroatoms. The van der Waals surface area contributed by atoms with E-state index in [4.69, 9.17) is 0 Å². The van der Waals surface area contributed by atoms with Crippen LogP contribution in [-0.2, 0) is 0 Å². The van der Waals surface area contributed by atoms with Gasteiger partial charge in [0.25, 0.3) is 0 Å². The molecule has 0 saturated carbocycles. The highest BCUT2D eigenvalue weighted by molar-refractivity contribution is 5.63. The lowest BCUT2D eigenvalue weighted by atomic mass is 10.1. The Balaban J connectivity index is 2.42. The topological polar surface area (TPSA) is 40.7 Å². The highest BCUT2D eigenvalue weighted by Gasteiger charge is 2.13. The average Bonchev–Trinajstić information content (AvgIpc) is 2.67. The molecule has 0 saturated heterocycles. The number of aromatic nitrogens is 2. The molecule has 2 rings (SSSR count). The monoisotopic (exact) mass is 223 g/mol. The van der Waals surface area contributed by atoms with E-state index in [9.17, 15) is 8.78 Å². The molecule has 1 aromatic heterocycles. The van der Waals surface area contributed by atoms with Gasteiger partial charge in [0.1, 0.15) is 17.5 Å². The molecular weight excluding hydrogens is 212 g/mol. The zero-order valence-corrected chi connectivity index (χ0v) is 8.72. The molecule has 0 unspecified atom stereocenters. The number of halogens is 2. The van der Waals surface area contributed by atoms with Crippen molar-refractivity contribution in [2.45, 2.75) is 6.92 Å². The molecule has 3 nitrogen and oxygen atoms in total. The third kappa shape index (κ3) is 1.88. The number of aromatic amines is 1. The molecule has 16 heavy (non-hydrogen) atoms. The number of nitrogens with one attached hydrogen (secondary N) is 2. The Bertz CT molecular complexity index is 473. The largest absolute Gasteiger partial charge is 0.369 e. The van der Waals surface area contributed by atoms with E-state index in [-0.39, 0.29) is 5.56 Å². The standard InChI is InChI=1S/C11H11F2N3/c1-2-14-10-6-9(15-16-10)11-7(12)4-3-5-8(11)13/h3-6H,2H2,1H3,(H2,14,15,16). The molecule has 0 aliphatic carbocycles. The lowest BCUT2D eigenvalue weighted by Gasteiger charge is -2.00. The van der Waals surface area contributed by atoms with E-state index >= 15 is 0 Å². The fourth-order valence-corrected chi connectivity index (χ4v) is 1.48. The summed E-state index contributed by atoms with van der Waals surface area (Å²) in [6.07, 6.45) is 0. The van der Waals surface area contributed by atoms with Gasteiger partial charge >= 0.3 is 0 Å². The van der Waals surface area contributed by atoms with Gasteiger partial charge in [0.15, 0.2) is 0 Å². The fraction of sp³-hybridized carbons (Fsp3) is 0.182. The maximum Gasteiger partial charge on any atom is 0.148 e. The van der Waals surface area contributed by atoms with Crippen LogP contribution >= 0.6 is 0 Å². The van der Waals surface area contributed by atoms with Crippen LogP contribution in [0.15, 0.2) is 24.3 Å². The van der Waals surface area contributed by atoms with Gasteiger partial charge in [-0.05, 0) is 19.1 Å². The highest BCUT2D eigenvalue weighted by Crippen LogP contribution is 2.25. The summed E-state index contributed by atoms with van der Waals surface area (Å²) >= 11 is 0. The number of hydrogen-bond acceptors (Lipinski definition) is 2. The molecule has 2 aromatic rings.